The van der Waals surface area contributed by atoms with Gasteiger partial charge in [0, 0.05) is 0 Å². The SMILES string of the molecule is C=C1CCCCC1=[C-]c1ccccc1.[Li+]. The summed E-state index contributed by atoms with van der Waals surface area (Å²) in [5.41, 5.74) is 3.77. The van der Waals surface area contributed by atoms with Gasteiger partial charge in [-0.1, -0.05) is 25.3 Å². The standard InChI is InChI=1S/C14H15.Li/c1-12-7-5-6-10-14(12)11-13-8-3-2-4-9-13;/h2-4,8-9H,1,5-7,10H2;/q-1;+1. The van der Waals surface area contributed by atoms with E-state index in [1.54, 1.807) is 0 Å². The molecule has 0 amide bonds. The Morgan fingerprint density at radius 3 is 2.33 bits per heavy atom. The Balaban J connectivity index is 0.00000112. The van der Waals surface area contributed by atoms with E-state index in [2.05, 4.69) is 36.9 Å². The van der Waals surface area contributed by atoms with Crippen LogP contribution in [0.5, 0.6) is 0 Å². The van der Waals surface area contributed by atoms with Gasteiger partial charge < -0.3 is 0 Å². The summed E-state index contributed by atoms with van der Waals surface area (Å²) in [6.07, 6.45) is 8.32. The second kappa shape index (κ2) is 6.01. The minimum atomic E-state index is 0. The zero-order chi connectivity index (χ0) is 9.80. The number of allylic oxidation sites excluding steroid dienone is 2. The zero-order valence-electron chi connectivity index (χ0n) is 9.42. The third kappa shape index (κ3) is 3.41. The van der Waals surface area contributed by atoms with Crippen LogP contribution in [0.4, 0.5) is 0 Å². The monoisotopic (exact) mass is 190 g/mol. The van der Waals surface area contributed by atoms with E-state index >= 15 is 0 Å². The average molecular weight is 190 g/mol. The maximum atomic E-state index is 4.09. The Morgan fingerprint density at radius 1 is 1.00 bits per heavy atom. The number of benzene rings is 1. The molecule has 0 radical (unpaired) electrons. The van der Waals surface area contributed by atoms with Crippen molar-refractivity contribution in [3.63, 3.8) is 0 Å². The van der Waals surface area contributed by atoms with Gasteiger partial charge in [0.1, 0.15) is 0 Å². The second-order valence-electron chi connectivity index (χ2n) is 3.78. The van der Waals surface area contributed by atoms with Crippen LogP contribution in [-0.4, -0.2) is 0 Å². The molecule has 1 fully saturated rings. The molecule has 0 atom stereocenters. The topological polar surface area (TPSA) is 0 Å². The molecule has 1 aromatic carbocycles. The number of rotatable bonds is 1. The molecule has 0 nitrogen and oxygen atoms in total. The number of hydrogen-bond acceptors (Lipinski definition) is 0. The first-order chi connectivity index (χ1) is 6.86. The minimum Gasteiger partial charge on any atom is -0.149 e. The first kappa shape index (κ1) is 12.4. The summed E-state index contributed by atoms with van der Waals surface area (Å²) in [5, 5.41) is 0. The Kier molecular flexibility index (Phi) is 4.95. The summed E-state index contributed by atoms with van der Waals surface area (Å²) in [6.45, 7) is 4.09. The van der Waals surface area contributed by atoms with Crippen LogP contribution in [0.15, 0.2) is 48.1 Å². The molecule has 0 bridgehead atoms. The molecule has 1 aromatic rings. The Labute approximate surface area is 104 Å². The molecule has 2 rings (SSSR count). The van der Waals surface area contributed by atoms with Gasteiger partial charge in [0.25, 0.3) is 0 Å². The van der Waals surface area contributed by atoms with E-state index in [-0.39, 0.29) is 18.9 Å². The summed E-state index contributed by atoms with van der Waals surface area (Å²) in [6, 6.07) is 10.3. The molecule has 1 aliphatic carbocycles. The molecule has 1 saturated carbocycles. The van der Waals surface area contributed by atoms with E-state index < -0.39 is 0 Å². The van der Waals surface area contributed by atoms with Crippen molar-refractivity contribution >= 4 is 0 Å². The predicted molar refractivity (Wildman–Crippen MR) is 59.9 cm³/mol. The fraction of sp³-hybridized carbons (Fsp3) is 0.286. The Hall–Kier alpha value is -0.703. The summed E-state index contributed by atoms with van der Waals surface area (Å²) in [7, 11) is 0. The van der Waals surface area contributed by atoms with Crippen molar-refractivity contribution in [2.24, 2.45) is 0 Å². The predicted octanol–water partition coefficient (Wildman–Crippen LogP) is 0.898. The van der Waals surface area contributed by atoms with Gasteiger partial charge >= 0.3 is 18.9 Å². The quantitative estimate of drug-likeness (QED) is 0.456. The van der Waals surface area contributed by atoms with E-state index in [1.165, 1.54) is 29.6 Å². The van der Waals surface area contributed by atoms with Crippen LogP contribution in [0.3, 0.4) is 0 Å². The minimum absolute atomic E-state index is 0. The molecular weight excluding hydrogens is 175 g/mol. The molecule has 15 heavy (non-hydrogen) atoms. The summed E-state index contributed by atoms with van der Waals surface area (Å²) >= 11 is 0. The molecular formula is C14H15Li. The van der Waals surface area contributed by atoms with Crippen molar-refractivity contribution < 1.29 is 18.9 Å². The molecule has 0 aromatic heterocycles. The summed E-state index contributed by atoms with van der Waals surface area (Å²) < 4.78 is 0. The molecule has 0 saturated heterocycles. The van der Waals surface area contributed by atoms with Gasteiger partial charge in [-0.05, 0) is 6.42 Å². The van der Waals surface area contributed by atoms with E-state index in [4.69, 9.17) is 0 Å². The van der Waals surface area contributed by atoms with Gasteiger partial charge in [0.15, 0.2) is 0 Å². The van der Waals surface area contributed by atoms with Crippen LogP contribution >= 0.6 is 0 Å². The summed E-state index contributed by atoms with van der Waals surface area (Å²) in [5.74, 6) is 0. The van der Waals surface area contributed by atoms with Crippen LogP contribution in [0.25, 0.3) is 0 Å². The van der Waals surface area contributed by atoms with Gasteiger partial charge in [-0.3, -0.25) is 0 Å². The third-order valence-electron chi connectivity index (χ3n) is 2.65. The molecule has 72 valence electrons. The largest absolute Gasteiger partial charge is 1.00 e. The van der Waals surface area contributed by atoms with E-state index in [0.29, 0.717) is 0 Å². The summed E-state index contributed by atoms with van der Waals surface area (Å²) in [4.78, 5) is 0. The van der Waals surface area contributed by atoms with Crippen LogP contribution in [0.2, 0.25) is 0 Å². The first-order valence-corrected chi connectivity index (χ1v) is 5.22. The zero-order valence-corrected chi connectivity index (χ0v) is 9.42. The molecule has 0 spiro atoms. The molecule has 0 unspecified atom stereocenters. The van der Waals surface area contributed by atoms with Crippen molar-refractivity contribution in [2.75, 3.05) is 0 Å². The van der Waals surface area contributed by atoms with Gasteiger partial charge in [0.2, 0.25) is 0 Å². The van der Waals surface area contributed by atoms with Crippen molar-refractivity contribution in [3.8, 4) is 0 Å². The second-order valence-corrected chi connectivity index (χ2v) is 3.78. The van der Waals surface area contributed by atoms with Crippen LogP contribution < -0.4 is 18.9 Å². The van der Waals surface area contributed by atoms with Crippen LogP contribution in [0, 0.1) is 6.08 Å². The van der Waals surface area contributed by atoms with Crippen molar-refractivity contribution in [3.05, 3.63) is 59.7 Å². The fourth-order valence-corrected chi connectivity index (χ4v) is 1.81. The van der Waals surface area contributed by atoms with Crippen molar-refractivity contribution in [1.82, 2.24) is 0 Å². The normalized spacial score (nSPS) is 18.7. The van der Waals surface area contributed by atoms with Gasteiger partial charge in [0.05, 0.1) is 0 Å². The van der Waals surface area contributed by atoms with E-state index in [0.717, 1.165) is 12.8 Å². The molecule has 0 aliphatic heterocycles. The van der Waals surface area contributed by atoms with Crippen LogP contribution in [0.1, 0.15) is 31.2 Å². The Morgan fingerprint density at radius 2 is 1.67 bits per heavy atom. The maximum absolute atomic E-state index is 4.09. The molecule has 0 N–H and O–H groups in total. The first-order valence-electron chi connectivity index (χ1n) is 5.22. The fourth-order valence-electron chi connectivity index (χ4n) is 1.81. The average Bonchev–Trinajstić information content (AvgIpc) is 2.23. The maximum Gasteiger partial charge on any atom is 1.00 e. The van der Waals surface area contributed by atoms with E-state index in [1.807, 2.05) is 6.07 Å². The van der Waals surface area contributed by atoms with E-state index in [9.17, 15) is 0 Å². The number of hydrogen-bond donors (Lipinski definition) is 0. The molecule has 0 heterocycles. The van der Waals surface area contributed by atoms with Gasteiger partial charge in [-0.2, -0.15) is 0 Å². The molecule has 1 heteroatoms. The Bertz CT molecular complexity index is 349. The van der Waals surface area contributed by atoms with Crippen molar-refractivity contribution in [2.45, 2.75) is 25.7 Å². The van der Waals surface area contributed by atoms with Crippen molar-refractivity contribution in [1.29, 1.82) is 0 Å². The van der Waals surface area contributed by atoms with Gasteiger partial charge in [-0.15, -0.1) is 53.6 Å². The molecule has 1 aliphatic rings. The third-order valence-corrected chi connectivity index (χ3v) is 2.65. The smallest absolute Gasteiger partial charge is 0.149 e. The van der Waals surface area contributed by atoms with Gasteiger partial charge in [-0.25, -0.2) is 0 Å². The van der Waals surface area contributed by atoms with Crippen LogP contribution in [-0.2, 0) is 0 Å².